The Hall–Kier alpha value is -2.76. The molecular formula is C19H19F2NO3. The fraction of sp³-hybridized carbons (Fsp3) is 0.263. The highest BCUT2D eigenvalue weighted by atomic mass is 19.2. The largest absolute Gasteiger partial charge is 0.481 e. The van der Waals surface area contributed by atoms with E-state index in [-0.39, 0.29) is 25.4 Å². The molecule has 0 aliphatic carbocycles. The topological polar surface area (TPSA) is 57.6 Å². The second-order valence-electron chi connectivity index (χ2n) is 5.78. The van der Waals surface area contributed by atoms with Crippen LogP contribution in [0.3, 0.4) is 0 Å². The summed E-state index contributed by atoms with van der Waals surface area (Å²) >= 11 is 0. The first kappa shape index (κ1) is 18.6. The first-order chi connectivity index (χ1) is 11.9. The van der Waals surface area contributed by atoms with Gasteiger partial charge in [-0.2, -0.15) is 0 Å². The summed E-state index contributed by atoms with van der Waals surface area (Å²) in [5, 5.41) is 8.90. The summed E-state index contributed by atoms with van der Waals surface area (Å²) in [7, 11) is 0. The third kappa shape index (κ3) is 5.11. The van der Waals surface area contributed by atoms with E-state index < -0.39 is 23.5 Å². The molecule has 0 aromatic heterocycles. The molecule has 1 N–H and O–H groups in total. The fourth-order valence-electron chi connectivity index (χ4n) is 2.51. The maximum atomic E-state index is 13.4. The summed E-state index contributed by atoms with van der Waals surface area (Å²) < 4.78 is 26.5. The van der Waals surface area contributed by atoms with Gasteiger partial charge in [-0.15, -0.1) is 0 Å². The highest BCUT2D eigenvalue weighted by Gasteiger charge is 2.23. The predicted octanol–water partition coefficient (Wildman–Crippen LogP) is 3.57. The first-order valence-corrected chi connectivity index (χ1v) is 7.88. The molecule has 0 radical (unpaired) electrons. The van der Waals surface area contributed by atoms with Crippen molar-refractivity contribution in [3.63, 3.8) is 0 Å². The van der Waals surface area contributed by atoms with Crippen molar-refractivity contribution in [1.29, 1.82) is 0 Å². The molecule has 132 valence electrons. The van der Waals surface area contributed by atoms with Crippen molar-refractivity contribution in [1.82, 2.24) is 4.90 Å². The molecule has 0 saturated heterocycles. The molecule has 1 atom stereocenters. The number of nitrogens with zero attached hydrogens (tertiary/aromatic N) is 1. The SMILES string of the molecule is C[C@H](C(=O)N(CCC(=O)O)Cc1ccc(F)c(F)c1)c1ccccc1. The van der Waals surface area contributed by atoms with Gasteiger partial charge in [0, 0.05) is 13.1 Å². The van der Waals surface area contributed by atoms with Crippen LogP contribution in [0.25, 0.3) is 0 Å². The van der Waals surface area contributed by atoms with Gasteiger partial charge in [-0.25, -0.2) is 8.78 Å². The Morgan fingerprint density at radius 1 is 1.08 bits per heavy atom. The molecular weight excluding hydrogens is 328 g/mol. The van der Waals surface area contributed by atoms with Gasteiger partial charge in [-0.05, 0) is 30.2 Å². The standard InChI is InChI=1S/C19H19F2NO3/c1-13(15-5-3-2-4-6-15)19(25)22(10-9-18(23)24)12-14-7-8-16(20)17(21)11-14/h2-8,11,13H,9-10,12H2,1H3,(H,23,24)/t13-/m0/s1. The van der Waals surface area contributed by atoms with Crippen molar-refractivity contribution >= 4 is 11.9 Å². The van der Waals surface area contributed by atoms with Crippen molar-refractivity contribution in [2.75, 3.05) is 6.54 Å². The predicted molar refractivity (Wildman–Crippen MR) is 88.9 cm³/mol. The molecule has 1 amide bonds. The van der Waals surface area contributed by atoms with Gasteiger partial charge in [0.25, 0.3) is 0 Å². The van der Waals surface area contributed by atoms with E-state index in [1.54, 1.807) is 6.92 Å². The number of carbonyl (C=O) groups excluding carboxylic acids is 1. The average Bonchev–Trinajstić information content (AvgIpc) is 2.61. The number of carboxylic acids is 1. The molecule has 0 fully saturated rings. The van der Waals surface area contributed by atoms with Crippen LogP contribution < -0.4 is 0 Å². The Morgan fingerprint density at radius 2 is 1.76 bits per heavy atom. The number of hydrogen-bond donors (Lipinski definition) is 1. The molecule has 0 bridgehead atoms. The minimum atomic E-state index is -1.03. The van der Waals surface area contributed by atoms with Crippen LogP contribution in [0.15, 0.2) is 48.5 Å². The molecule has 6 heteroatoms. The van der Waals surface area contributed by atoms with Crippen molar-refractivity contribution < 1.29 is 23.5 Å². The van der Waals surface area contributed by atoms with Crippen LogP contribution in [0.4, 0.5) is 8.78 Å². The van der Waals surface area contributed by atoms with Gasteiger partial charge in [0.2, 0.25) is 5.91 Å². The van der Waals surface area contributed by atoms with E-state index in [1.165, 1.54) is 11.0 Å². The van der Waals surface area contributed by atoms with Crippen LogP contribution in [0.2, 0.25) is 0 Å². The van der Waals surface area contributed by atoms with E-state index in [2.05, 4.69) is 0 Å². The number of aliphatic carboxylic acids is 1. The molecule has 4 nitrogen and oxygen atoms in total. The van der Waals surface area contributed by atoms with E-state index >= 15 is 0 Å². The summed E-state index contributed by atoms with van der Waals surface area (Å²) in [4.78, 5) is 25.0. The quantitative estimate of drug-likeness (QED) is 0.833. The van der Waals surface area contributed by atoms with Gasteiger partial charge in [0.15, 0.2) is 11.6 Å². The van der Waals surface area contributed by atoms with Gasteiger partial charge in [0.05, 0.1) is 12.3 Å². The summed E-state index contributed by atoms with van der Waals surface area (Å²) in [6, 6.07) is 12.5. The first-order valence-electron chi connectivity index (χ1n) is 7.88. The molecule has 0 heterocycles. The van der Waals surface area contributed by atoms with Gasteiger partial charge in [-0.1, -0.05) is 36.4 Å². The molecule has 2 aromatic carbocycles. The number of hydrogen-bond acceptors (Lipinski definition) is 2. The lowest BCUT2D eigenvalue weighted by Crippen LogP contribution is -2.35. The maximum absolute atomic E-state index is 13.4. The van der Waals surface area contributed by atoms with Gasteiger partial charge < -0.3 is 10.0 Å². The lowest BCUT2D eigenvalue weighted by molar-refractivity contribution is -0.139. The number of benzene rings is 2. The highest BCUT2D eigenvalue weighted by Crippen LogP contribution is 2.20. The minimum absolute atomic E-state index is 0.00959. The Bertz CT molecular complexity index is 750. The van der Waals surface area contributed by atoms with Gasteiger partial charge >= 0.3 is 5.97 Å². The van der Waals surface area contributed by atoms with Gasteiger partial charge in [-0.3, -0.25) is 9.59 Å². The molecule has 0 unspecified atom stereocenters. The van der Waals surface area contributed by atoms with Crippen molar-refractivity contribution in [3.05, 3.63) is 71.3 Å². The number of carboxylic acid groups (broad SMARTS) is 1. The Kier molecular flexibility index (Phi) is 6.22. The molecule has 0 aliphatic rings. The number of rotatable bonds is 7. The third-order valence-electron chi connectivity index (χ3n) is 3.93. The summed E-state index contributed by atoms with van der Waals surface area (Å²) in [6.07, 6.45) is -0.225. The van der Waals surface area contributed by atoms with Crippen molar-refractivity contribution in [2.45, 2.75) is 25.8 Å². The number of carbonyl (C=O) groups is 2. The van der Waals surface area contributed by atoms with Crippen LogP contribution in [0, 0.1) is 11.6 Å². The molecule has 25 heavy (non-hydrogen) atoms. The van der Waals surface area contributed by atoms with Crippen LogP contribution in [-0.2, 0) is 16.1 Å². The Morgan fingerprint density at radius 3 is 2.36 bits per heavy atom. The van der Waals surface area contributed by atoms with E-state index in [4.69, 9.17) is 5.11 Å². The van der Waals surface area contributed by atoms with Crippen LogP contribution in [-0.4, -0.2) is 28.4 Å². The van der Waals surface area contributed by atoms with E-state index in [9.17, 15) is 18.4 Å². The molecule has 0 spiro atoms. The molecule has 0 aliphatic heterocycles. The lowest BCUT2D eigenvalue weighted by atomic mass is 9.99. The summed E-state index contributed by atoms with van der Waals surface area (Å²) in [6.45, 7) is 1.74. The third-order valence-corrected chi connectivity index (χ3v) is 3.93. The fourth-order valence-corrected chi connectivity index (χ4v) is 2.51. The Labute approximate surface area is 144 Å². The van der Waals surface area contributed by atoms with Crippen LogP contribution in [0.1, 0.15) is 30.4 Å². The minimum Gasteiger partial charge on any atom is -0.481 e. The van der Waals surface area contributed by atoms with Gasteiger partial charge in [0.1, 0.15) is 0 Å². The zero-order valence-corrected chi connectivity index (χ0v) is 13.8. The monoisotopic (exact) mass is 347 g/mol. The molecule has 2 rings (SSSR count). The van der Waals surface area contributed by atoms with E-state index in [0.717, 1.165) is 17.7 Å². The molecule has 0 saturated carbocycles. The highest BCUT2D eigenvalue weighted by molar-refractivity contribution is 5.83. The van der Waals surface area contributed by atoms with Crippen LogP contribution >= 0.6 is 0 Å². The number of amides is 1. The summed E-state index contributed by atoms with van der Waals surface area (Å²) in [5.74, 6) is -3.74. The zero-order valence-electron chi connectivity index (χ0n) is 13.8. The van der Waals surface area contributed by atoms with E-state index in [0.29, 0.717) is 5.56 Å². The summed E-state index contributed by atoms with van der Waals surface area (Å²) in [5.41, 5.74) is 1.20. The normalized spacial score (nSPS) is 11.8. The Balaban J connectivity index is 2.20. The van der Waals surface area contributed by atoms with Crippen LogP contribution in [0.5, 0.6) is 0 Å². The molecule has 2 aromatic rings. The zero-order chi connectivity index (χ0) is 18.4. The van der Waals surface area contributed by atoms with E-state index in [1.807, 2.05) is 30.3 Å². The average molecular weight is 347 g/mol. The van der Waals surface area contributed by atoms with Crippen molar-refractivity contribution in [3.8, 4) is 0 Å². The second kappa shape index (κ2) is 8.37. The van der Waals surface area contributed by atoms with Crippen molar-refractivity contribution in [2.24, 2.45) is 0 Å². The second-order valence-corrected chi connectivity index (χ2v) is 5.78. The smallest absolute Gasteiger partial charge is 0.305 e. The number of halogens is 2. The maximum Gasteiger partial charge on any atom is 0.305 e. The lowest BCUT2D eigenvalue weighted by Gasteiger charge is -2.26.